The van der Waals surface area contributed by atoms with E-state index >= 15 is 0 Å². The molecule has 0 saturated heterocycles. The average molecular weight is 371 g/mol. The third kappa shape index (κ3) is 3.51. The molecule has 0 aliphatic carbocycles. The van der Waals surface area contributed by atoms with Crippen molar-refractivity contribution in [3.8, 4) is 0 Å². The third-order valence-electron chi connectivity index (χ3n) is 5.00. The van der Waals surface area contributed by atoms with Crippen LogP contribution in [0.15, 0.2) is 73.1 Å². The van der Waals surface area contributed by atoms with E-state index < -0.39 is 0 Å². The zero-order chi connectivity index (χ0) is 19.5. The smallest absolute Gasteiger partial charge is 0.258 e. The molecule has 0 radical (unpaired) electrons. The maximum atomic E-state index is 13.2. The lowest BCUT2D eigenvalue weighted by Crippen LogP contribution is -2.35. The van der Waals surface area contributed by atoms with E-state index in [0.29, 0.717) is 17.7 Å². The van der Waals surface area contributed by atoms with Crippen molar-refractivity contribution in [2.75, 3.05) is 4.90 Å². The first-order chi connectivity index (χ1) is 13.6. The van der Waals surface area contributed by atoms with Gasteiger partial charge in [0.2, 0.25) is 0 Å². The van der Waals surface area contributed by atoms with Crippen molar-refractivity contribution in [2.45, 2.75) is 25.9 Å². The second-order valence-electron chi connectivity index (χ2n) is 6.98. The predicted molar refractivity (Wildman–Crippen MR) is 108 cm³/mol. The molecule has 1 aliphatic heterocycles. The van der Waals surface area contributed by atoms with Gasteiger partial charge in [0.05, 0.1) is 0 Å². The van der Waals surface area contributed by atoms with Gasteiger partial charge in [0.25, 0.3) is 11.8 Å². The lowest BCUT2D eigenvalue weighted by atomic mass is 10.1. The van der Waals surface area contributed by atoms with E-state index in [0.717, 1.165) is 17.7 Å². The SMILES string of the molecule is CC1Cc2ccccc2N1C(=O)c1cccc(C(=O)NCc2ccncc2)c1. The van der Waals surface area contributed by atoms with E-state index in [4.69, 9.17) is 0 Å². The molecule has 1 N–H and O–H groups in total. The minimum atomic E-state index is -0.207. The lowest BCUT2D eigenvalue weighted by Gasteiger charge is -2.23. The van der Waals surface area contributed by atoms with Crippen LogP contribution < -0.4 is 10.2 Å². The van der Waals surface area contributed by atoms with Gasteiger partial charge in [-0.3, -0.25) is 14.6 Å². The van der Waals surface area contributed by atoms with Crippen molar-refractivity contribution >= 4 is 17.5 Å². The van der Waals surface area contributed by atoms with Gasteiger partial charge in [0.15, 0.2) is 0 Å². The molecule has 0 bridgehead atoms. The normalized spacial score (nSPS) is 15.2. The Morgan fingerprint density at radius 2 is 1.79 bits per heavy atom. The van der Waals surface area contributed by atoms with Gasteiger partial charge in [-0.2, -0.15) is 0 Å². The fourth-order valence-electron chi connectivity index (χ4n) is 3.59. The van der Waals surface area contributed by atoms with E-state index in [1.165, 1.54) is 5.56 Å². The molecule has 4 rings (SSSR count). The first-order valence-electron chi connectivity index (χ1n) is 9.32. The van der Waals surface area contributed by atoms with Crippen LogP contribution in [0.2, 0.25) is 0 Å². The Morgan fingerprint density at radius 3 is 2.61 bits per heavy atom. The summed E-state index contributed by atoms with van der Waals surface area (Å²) in [7, 11) is 0. The minimum Gasteiger partial charge on any atom is -0.348 e. The van der Waals surface area contributed by atoms with E-state index in [2.05, 4.69) is 16.4 Å². The molecule has 1 atom stereocenters. The molecule has 140 valence electrons. The molecule has 1 aliphatic rings. The predicted octanol–water partition coefficient (Wildman–Crippen LogP) is 3.60. The van der Waals surface area contributed by atoms with Crippen LogP contribution in [0.4, 0.5) is 5.69 Å². The number of carbonyl (C=O) groups is 2. The van der Waals surface area contributed by atoms with Crippen molar-refractivity contribution in [1.29, 1.82) is 0 Å². The van der Waals surface area contributed by atoms with Crippen LogP contribution in [0.3, 0.4) is 0 Å². The summed E-state index contributed by atoms with van der Waals surface area (Å²) in [6.07, 6.45) is 4.22. The van der Waals surface area contributed by atoms with Crippen molar-refractivity contribution < 1.29 is 9.59 Å². The number of amides is 2. The zero-order valence-corrected chi connectivity index (χ0v) is 15.6. The monoisotopic (exact) mass is 371 g/mol. The van der Waals surface area contributed by atoms with Crippen LogP contribution in [-0.4, -0.2) is 22.8 Å². The molecule has 1 unspecified atom stereocenters. The Morgan fingerprint density at radius 1 is 1.04 bits per heavy atom. The molecule has 0 fully saturated rings. The zero-order valence-electron chi connectivity index (χ0n) is 15.6. The molecule has 28 heavy (non-hydrogen) atoms. The highest BCUT2D eigenvalue weighted by molar-refractivity contribution is 6.09. The van der Waals surface area contributed by atoms with Crippen LogP contribution in [0.25, 0.3) is 0 Å². The maximum Gasteiger partial charge on any atom is 0.258 e. The van der Waals surface area contributed by atoms with Gasteiger partial charge in [-0.25, -0.2) is 0 Å². The van der Waals surface area contributed by atoms with Gasteiger partial charge >= 0.3 is 0 Å². The van der Waals surface area contributed by atoms with Gasteiger partial charge in [0, 0.05) is 41.8 Å². The molecular formula is C23H21N3O2. The number of anilines is 1. The fraction of sp³-hybridized carbons (Fsp3) is 0.174. The van der Waals surface area contributed by atoms with Crippen molar-refractivity contribution in [3.63, 3.8) is 0 Å². The van der Waals surface area contributed by atoms with Crippen molar-refractivity contribution in [1.82, 2.24) is 10.3 Å². The fourth-order valence-corrected chi connectivity index (χ4v) is 3.59. The highest BCUT2D eigenvalue weighted by Gasteiger charge is 2.31. The number of hydrogen-bond acceptors (Lipinski definition) is 3. The summed E-state index contributed by atoms with van der Waals surface area (Å²) in [6.45, 7) is 2.46. The second-order valence-corrected chi connectivity index (χ2v) is 6.98. The Kier molecular flexibility index (Phi) is 4.89. The number of nitrogens with zero attached hydrogens (tertiary/aromatic N) is 2. The van der Waals surface area contributed by atoms with Crippen molar-refractivity contribution in [3.05, 3.63) is 95.3 Å². The Balaban J connectivity index is 1.52. The molecule has 2 aromatic carbocycles. The number of carbonyl (C=O) groups excluding carboxylic acids is 2. The minimum absolute atomic E-state index is 0.0822. The topological polar surface area (TPSA) is 62.3 Å². The summed E-state index contributed by atoms with van der Waals surface area (Å²) in [6, 6.07) is 18.7. The molecule has 1 aromatic heterocycles. The largest absolute Gasteiger partial charge is 0.348 e. The molecular weight excluding hydrogens is 350 g/mol. The highest BCUT2D eigenvalue weighted by atomic mass is 16.2. The number of benzene rings is 2. The number of aromatic nitrogens is 1. The molecule has 3 aromatic rings. The van der Waals surface area contributed by atoms with Gasteiger partial charge in [-0.05, 0) is 60.9 Å². The van der Waals surface area contributed by atoms with Crippen LogP contribution in [-0.2, 0) is 13.0 Å². The number of pyridine rings is 1. The molecule has 2 amide bonds. The summed E-state index contributed by atoms with van der Waals surface area (Å²) in [5, 5.41) is 2.88. The summed E-state index contributed by atoms with van der Waals surface area (Å²) < 4.78 is 0. The summed E-state index contributed by atoms with van der Waals surface area (Å²) in [5.41, 5.74) is 4.08. The van der Waals surface area contributed by atoms with Crippen LogP contribution >= 0.6 is 0 Å². The van der Waals surface area contributed by atoms with Crippen LogP contribution in [0.5, 0.6) is 0 Å². The Labute approximate surface area is 164 Å². The van der Waals surface area contributed by atoms with E-state index in [-0.39, 0.29) is 17.9 Å². The van der Waals surface area contributed by atoms with Crippen molar-refractivity contribution in [2.24, 2.45) is 0 Å². The number of fused-ring (bicyclic) bond motifs is 1. The van der Waals surface area contributed by atoms with E-state index in [9.17, 15) is 9.59 Å². The van der Waals surface area contributed by atoms with Gasteiger partial charge in [-0.1, -0.05) is 24.3 Å². The first-order valence-corrected chi connectivity index (χ1v) is 9.32. The van der Waals surface area contributed by atoms with E-state index in [1.54, 1.807) is 36.7 Å². The quantitative estimate of drug-likeness (QED) is 0.762. The number of hydrogen-bond donors (Lipinski definition) is 1. The lowest BCUT2D eigenvalue weighted by molar-refractivity contribution is 0.0951. The molecule has 5 heteroatoms. The summed E-state index contributed by atoms with van der Waals surface area (Å²) in [4.78, 5) is 31.5. The first kappa shape index (κ1) is 17.9. The molecule has 0 spiro atoms. The second kappa shape index (κ2) is 7.64. The molecule has 5 nitrogen and oxygen atoms in total. The number of rotatable bonds is 4. The number of para-hydroxylation sites is 1. The van der Waals surface area contributed by atoms with Gasteiger partial charge in [0.1, 0.15) is 0 Å². The third-order valence-corrected chi connectivity index (χ3v) is 5.00. The molecule has 0 saturated carbocycles. The Bertz CT molecular complexity index is 1020. The Hall–Kier alpha value is -3.47. The van der Waals surface area contributed by atoms with Crippen LogP contribution in [0, 0.1) is 0 Å². The van der Waals surface area contributed by atoms with Gasteiger partial charge in [-0.15, -0.1) is 0 Å². The summed E-state index contributed by atoms with van der Waals surface area (Å²) in [5.74, 6) is -0.289. The highest BCUT2D eigenvalue weighted by Crippen LogP contribution is 2.33. The molecule has 2 heterocycles. The summed E-state index contributed by atoms with van der Waals surface area (Å²) >= 11 is 0. The maximum absolute atomic E-state index is 13.2. The average Bonchev–Trinajstić information content (AvgIpc) is 3.08. The van der Waals surface area contributed by atoms with E-state index in [1.807, 2.05) is 42.2 Å². The number of nitrogens with one attached hydrogen (secondary N) is 1. The standard InChI is InChI=1S/C23H21N3O2/c1-16-13-18-5-2-3-8-21(18)26(16)23(28)20-7-4-6-19(14-20)22(27)25-15-17-9-11-24-12-10-17/h2-12,14,16H,13,15H2,1H3,(H,25,27). The van der Waals surface area contributed by atoms with Gasteiger partial charge < -0.3 is 10.2 Å². The van der Waals surface area contributed by atoms with Crippen LogP contribution in [0.1, 0.15) is 38.8 Å².